The molecule has 0 aliphatic heterocycles. The van der Waals surface area contributed by atoms with Crippen molar-refractivity contribution in [2.75, 3.05) is 0 Å². The first-order chi connectivity index (χ1) is 15.8. The van der Waals surface area contributed by atoms with E-state index in [2.05, 4.69) is 15.4 Å². The Bertz CT molecular complexity index is 1480. The third-order valence-electron chi connectivity index (χ3n) is 5.71. The molecule has 2 aromatic carbocycles. The highest BCUT2D eigenvalue weighted by Gasteiger charge is 2.26. The van der Waals surface area contributed by atoms with E-state index in [-0.39, 0.29) is 39.6 Å². The predicted octanol–water partition coefficient (Wildman–Crippen LogP) is 3.40. The summed E-state index contributed by atoms with van der Waals surface area (Å²) in [5, 5.41) is 6.82. The summed E-state index contributed by atoms with van der Waals surface area (Å²) in [4.78, 5) is 30.0. The third kappa shape index (κ3) is 3.47. The lowest BCUT2D eigenvalue weighted by atomic mass is 10.0. The van der Waals surface area contributed by atoms with Gasteiger partial charge in [0, 0.05) is 24.2 Å². The predicted molar refractivity (Wildman–Crippen MR) is 115 cm³/mol. The first-order valence-corrected chi connectivity index (χ1v) is 10.3. The van der Waals surface area contributed by atoms with Crippen LogP contribution in [0, 0.1) is 24.4 Å². The number of amides is 1. The molecule has 33 heavy (non-hydrogen) atoms. The van der Waals surface area contributed by atoms with Crippen molar-refractivity contribution < 1.29 is 18.0 Å². The highest BCUT2D eigenvalue weighted by Crippen LogP contribution is 2.27. The first-order valence-electron chi connectivity index (χ1n) is 10.3. The number of rotatable bonds is 4. The first kappa shape index (κ1) is 20.9. The van der Waals surface area contributed by atoms with Gasteiger partial charge in [0.25, 0.3) is 11.5 Å². The summed E-state index contributed by atoms with van der Waals surface area (Å²) in [7, 11) is 1.40. The van der Waals surface area contributed by atoms with Crippen LogP contribution in [0.5, 0.6) is 0 Å². The fourth-order valence-corrected chi connectivity index (χ4v) is 3.73. The Kier molecular flexibility index (Phi) is 4.80. The maximum absolute atomic E-state index is 14.7. The van der Waals surface area contributed by atoms with Gasteiger partial charge < -0.3 is 5.32 Å². The summed E-state index contributed by atoms with van der Waals surface area (Å²) < 4.78 is 45.5. The molecule has 4 aromatic rings. The molecular weight excluding hydrogens is 435 g/mol. The number of nitrogens with one attached hydrogen (secondary N) is 1. The number of hydrogen-bond acceptors (Lipinski definition) is 4. The zero-order valence-electron chi connectivity index (χ0n) is 17.7. The van der Waals surface area contributed by atoms with Gasteiger partial charge in [0.15, 0.2) is 17.3 Å². The second kappa shape index (κ2) is 7.58. The molecule has 1 amide bonds. The maximum Gasteiger partial charge on any atom is 0.278 e. The minimum absolute atomic E-state index is 0.0634. The highest BCUT2D eigenvalue weighted by atomic mass is 19.1. The van der Waals surface area contributed by atoms with E-state index in [0.717, 1.165) is 40.3 Å². The molecule has 2 aromatic heterocycles. The van der Waals surface area contributed by atoms with Crippen LogP contribution >= 0.6 is 0 Å². The van der Waals surface area contributed by atoms with Crippen molar-refractivity contribution in [1.29, 1.82) is 0 Å². The molecule has 1 aliphatic rings. The van der Waals surface area contributed by atoms with Crippen LogP contribution in [-0.4, -0.2) is 31.3 Å². The van der Waals surface area contributed by atoms with E-state index >= 15 is 0 Å². The molecule has 5 rings (SSSR count). The van der Waals surface area contributed by atoms with Gasteiger partial charge in [-0.1, -0.05) is 6.07 Å². The highest BCUT2D eigenvalue weighted by molar-refractivity contribution is 5.96. The summed E-state index contributed by atoms with van der Waals surface area (Å²) in [6.45, 7) is 1.48. The number of carbonyl (C=O) groups is 1. The van der Waals surface area contributed by atoms with E-state index in [4.69, 9.17) is 0 Å². The number of nitrogens with zero attached hydrogens (tertiary/aromatic N) is 4. The molecule has 1 fully saturated rings. The van der Waals surface area contributed by atoms with Crippen molar-refractivity contribution in [2.45, 2.75) is 25.8 Å². The normalized spacial score (nSPS) is 13.5. The fraction of sp³-hybridized carbons (Fsp3) is 0.217. The van der Waals surface area contributed by atoms with Crippen molar-refractivity contribution >= 4 is 17.1 Å². The Morgan fingerprint density at radius 3 is 2.48 bits per heavy atom. The fourth-order valence-electron chi connectivity index (χ4n) is 3.73. The van der Waals surface area contributed by atoms with Crippen LogP contribution in [0.15, 0.2) is 41.3 Å². The Morgan fingerprint density at radius 2 is 1.82 bits per heavy atom. The maximum atomic E-state index is 14.7. The van der Waals surface area contributed by atoms with Crippen LogP contribution in [0.25, 0.3) is 28.1 Å². The van der Waals surface area contributed by atoms with Crippen LogP contribution < -0.4 is 10.9 Å². The number of aromatic nitrogens is 4. The molecule has 2 heterocycles. The van der Waals surface area contributed by atoms with Crippen LogP contribution in [0.4, 0.5) is 13.2 Å². The molecule has 1 saturated carbocycles. The lowest BCUT2D eigenvalue weighted by Gasteiger charge is -2.13. The molecule has 168 valence electrons. The summed E-state index contributed by atoms with van der Waals surface area (Å²) in [5.41, 5.74) is -0.570. The van der Waals surface area contributed by atoms with Gasteiger partial charge in [-0.3, -0.25) is 14.2 Å². The average molecular weight is 453 g/mol. The van der Waals surface area contributed by atoms with E-state index in [1.807, 2.05) is 0 Å². The van der Waals surface area contributed by atoms with Gasteiger partial charge in [-0.25, -0.2) is 22.8 Å². The molecule has 1 N–H and O–H groups in total. The molecule has 0 spiro atoms. The van der Waals surface area contributed by atoms with Gasteiger partial charge >= 0.3 is 0 Å². The minimum Gasteiger partial charge on any atom is -0.349 e. The lowest BCUT2D eigenvalue weighted by Crippen LogP contribution is -2.26. The summed E-state index contributed by atoms with van der Waals surface area (Å²) >= 11 is 0. The lowest BCUT2D eigenvalue weighted by molar-refractivity contribution is 0.0950. The zero-order chi connectivity index (χ0) is 23.4. The van der Waals surface area contributed by atoms with Crippen molar-refractivity contribution in [3.8, 4) is 16.9 Å². The molecule has 0 atom stereocenters. The zero-order valence-corrected chi connectivity index (χ0v) is 17.7. The number of halogens is 3. The number of fused-ring (bicyclic) bond motifs is 1. The summed E-state index contributed by atoms with van der Waals surface area (Å²) in [5.74, 6) is -2.80. The van der Waals surface area contributed by atoms with Gasteiger partial charge in [-0.05, 0) is 49.6 Å². The molecule has 0 unspecified atom stereocenters. The number of aryl methyl sites for hydroxylation is 1. The smallest absolute Gasteiger partial charge is 0.278 e. The van der Waals surface area contributed by atoms with Crippen LogP contribution in [0.3, 0.4) is 0 Å². The SMILES string of the molecule is Cc1c(F)cc(C(=O)NC2CC2)cc1-c1nc2cnn(-c3c(F)cccc3F)c2n(C)c1=O. The quantitative estimate of drug-likeness (QED) is 0.514. The molecule has 7 nitrogen and oxygen atoms in total. The number of para-hydroxylation sites is 1. The monoisotopic (exact) mass is 453 g/mol. The van der Waals surface area contributed by atoms with Crippen molar-refractivity contribution in [1.82, 2.24) is 24.6 Å². The van der Waals surface area contributed by atoms with Crippen LogP contribution in [0.1, 0.15) is 28.8 Å². The minimum atomic E-state index is -0.858. The van der Waals surface area contributed by atoms with E-state index < -0.39 is 34.6 Å². The molecule has 0 bridgehead atoms. The van der Waals surface area contributed by atoms with Gasteiger partial charge in [0.2, 0.25) is 0 Å². The van der Waals surface area contributed by atoms with E-state index in [1.54, 1.807) is 0 Å². The topological polar surface area (TPSA) is 81.8 Å². The van der Waals surface area contributed by atoms with E-state index in [1.165, 1.54) is 32.3 Å². The molecule has 0 radical (unpaired) electrons. The van der Waals surface area contributed by atoms with Gasteiger partial charge in [-0.2, -0.15) is 5.10 Å². The van der Waals surface area contributed by atoms with Crippen molar-refractivity contribution in [3.63, 3.8) is 0 Å². The summed E-state index contributed by atoms with van der Waals surface area (Å²) in [6, 6.07) is 6.01. The van der Waals surface area contributed by atoms with Gasteiger partial charge in [0.1, 0.15) is 22.7 Å². The summed E-state index contributed by atoms with van der Waals surface area (Å²) in [6.07, 6.45) is 3.01. The van der Waals surface area contributed by atoms with Crippen LogP contribution in [-0.2, 0) is 7.05 Å². The Hall–Kier alpha value is -3.95. The van der Waals surface area contributed by atoms with Crippen LogP contribution in [0.2, 0.25) is 0 Å². The molecule has 10 heteroatoms. The van der Waals surface area contributed by atoms with Crippen molar-refractivity contribution in [2.24, 2.45) is 7.05 Å². The van der Waals surface area contributed by atoms with E-state index in [9.17, 15) is 22.8 Å². The largest absolute Gasteiger partial charge is 0.349 e. The van der Waals surface area contributed by atoms with Crippen molar-refractivity contribution in [3.05, 3.63) is 75.5 Å². The third-order valence-corrected chi connectivity index (χ3v) is 5.71. The Balaban J connectivity index is 1.70. The number of benzene rings is 2. The number of hydrogen-bond donors (Lipinski definition) is 1. The van der Waals surface area contributed by atoms with Gasteiger partial charge in [-0.15, -0.1) is 0 Å². The number of carbonyl (C=O) groups excluding carboxylic acids is 1. The standard InChI is InChI=1S/C23H18F3N5O2/c1-11-14(8-12(9-17(11)26)21(32)28-13-6-7-13)19-23(33)30(2)22-18(29-19)10-27-31(22)20-15(24)4-3-5-16(20)25/h3-5,8-10,13H,6-7H2,1-2H3,(H,28,32). The Labute approximate surface area is 185 Å². The Morgan fingerprint density at radius 1 is 1.12 bits per heavy atom. The second-order valence-electron chi connectivity index (χ2n) is 8.04. The molecule has 0 saturated heterocycles. The molecule has 1 aliphatic carbocycles. The van der Waals surface area contributed by atoms with E-state index in [0.29, 0.717) is 0 Å². The average Bonchev–Trinajstić information content (AvgIpc) is 3.49. The van der Waals surface area contributed by atoms with Gasteiger partial charge in [0.05, 0.1) is 6.20 Å². The second-order valence-corrected chi connectivity index (χ2v) is 8.04. The molecular formula is C23H18F3N5O2.